The Balaban J connectivity index is 1.88. The van der Waals surface area contributed by atoms with E-state index >= 15 is 0 Å². The second-order valence-electron chi connectivity index (χ2n) is 6.65. The molecule has 2 fully saturated rings. The van der Waals surface area contributed by atoms with Gasteiger partial charge in [0.1, 0.15) is 0 Å². The van der Waals surface area contributed by atoms with E-state index in [0.29, 0.717) is 18.0 Å². The second kappa shape index (κ2) is 8.62. The third-order valence-electron chi connectivity index (χ3n) is 5.06. The van der Waals surface area contributed by atoms with Crippen molar-refractivity contribution < 1.29 is 4.79 Å². The van der Waals surface area contributed by atoms with Gasteiger partial charge in [0, 0.05) is 32.2 Å². The molecule has 21 heavy (non-hydrogen) atoms. The first-order valence-electron chi connectivity index (χ1n) is 9.03. The van der Waals surface area contributed by atoms with Crippen molar-refractivity contribution in [3.8, 4) is 0 Å². The standard InChI is InChI=1S/C17H33N3O/c1-3-10-18-16-9-13-20(14-15(16)4-2)17(21)19-11-7-5-6-8-12-19/h15-16,18H,3-14H2,1-2H3. The molecule has 1 N–H and O–H groups in total. The lowest BCUT2D eigenvalue weighted by Crippen LogP contribution is -2.54. The van der Waals surface area contributed by atoms with Crippen molar-refractivity contribution in [3.63, 3.8) is 0 Å². The molecule has 2 saturated heterocycles. The van der Waals surface area contributed by atoms with E-state index in [1.54, 1.807) is 0 Å². The lowest BCUT2D eigenvalue weighted by molar-refractivity contribution is 0.113. The molecule has 0 aromatic rings. The summed E-state index contributed by atoms with van der Waals surface area (Å²) in [6.07, 6.45) is 8.37. The van der Waals surface area contributed by atoms with Crippen molar-refractivity contribution in [1.82, 2.24) is 15.1 Å². The van der Waals surface area contributed by atoms with Crippen LogP contribution in [0.15, 0.2) is 0 Å². The molecule has 2 aliphatic rings. The van der Waals surface area contributed by atoms with E-state index in [2.05, 4.69) is 29.0 Å². The van der Waals surface area contributed by atoms with Crippen LogP contribution in [0.5, 0.6) is 0 Å². The van der Waals surface area contributed by atoms with Crippen LogP contribution in [0, 0.1) is 5.92 Å². The van der Waals surface area contributed by atoms with Gasteiger partial charge in [-0.1, -0.05) is 33.1 Å². The number of piperidine rings is 1. The molecule has 2 amide bonds. The van der Waals surface area contributed by atoms with E-state index in [9.17, 15) is 4.79 Å². The number of urea groups is 1. The molecule has 0 aromatic carbocycles. The number of nitrogens with zero attached hydrogens (tertiary/aromatic N) is 2. The molecule has 4 heteroatoms. The first-order valence-corrected chi connectivity index (χ1v) is 9.03. The minimum Gasteiger partial charge on any atom is -0.325 e. The smallest absolute Gasteiger partial charge is 0.320 e. The Morgan fingerprint density at radius 1 is 1.05 bits per heavy atom. The molecule has 0 bridgehead atoms. The second-order valence-corrected chi connectivity index (χ2v) is 6.65. The van der Waals surface area contributed by atoms with Crippen LogP contribution < -0.4 is 5.32 Å². The van der Waals surface area contributed by atoms with Gasteiger partial charge in [-0.05, 0) is 38.1 Å². The average molecular weight is 295 g/mol. The Morgan fingerprint density at radius 3 is 2.38 bits per heavy atom. The number of hydrogen-bond acceptors (Lipinski definition) is 2. The van der Waals surface area contributed by atoms with Crippen LogP contribution in [0.3, 0.4) is 0 Å². The summed E-state index contributed by atoms with van der Waals surface area (Å²) in [4.78, 5) is 16.9. The van der Waals surface area contributed by atoms with E-state index < -0.39 is 0 Å². The van der Waals surface area contributed by atoms with Gasteiger partial charge in [0.25, 0.3) is 0 Å². The van der Waals surface area contributed by atoms with Crippen LogP contribution >= 0.6 is 0 Å². The maximum atomic E-state index is 12.7. The number of nitrogens with one attached hydrogen (secondary N) is 1. The van der Waals surface area contributed by atoms with Crippen LogP contribution in [0.4, 0.5) is 4.79 Å². The summed E-state index contributed by atoms with van der Waals surface area (Å²) in [7, 11) is 0. The van der Waals surface area contributed by atoms with Crippen molar-refractivity contribution in [1.29, 1.82) is 0 Å². The fourth-order valence-corrected chi connectivity index (χ4v) is 3.68. The molecular formula is C17H33N3O. The van der Waals surface area contributed by atoms with E-state index in [-0.39, 0.29) is 0 Å². The molecule has 122 valence electrons. The average Bonchev–Trinajstić information content (AvgIpc) is 2.81. The predicted octanol–water partition coefficient (Wildman–Crippen LogP) is 3.08. The molecule has 2 rings (SSSR count). The molecule has 0 radical (unpaired) electrons. The Labute approximate surface area is 130 Å². The normalized spacial score (nSPS) is 27.5. The van der Waals surface area contributed by atoms with Crippen LogP contribution in [0.1, 0.15) is 58.8 Å². The van der Waals surface area contributed by atoms with E-state index in [0.717, 1.165) is 45.6 Å². The molecular weight excluding hydrogens is 262 g/mol. The SMILES string of the molecule is CCCNC1CCN(C(=O)N2CCCCCC2)CC1CC. The quantitative estimate of drug-likeness (QED) is 0.865. The first-order chi connectivity index (χ1) is 10.3. The van der Waals surface area contributed by atoms with Gasteiger partial charge in [-0.2, -0.15) is 0 Å². The largest absolute Gasteiger partial charge is 0.325 e. The van der Waals surface area contributed by atoms with Gasteiger partial charge >= 0.3 is 6.03 Å². The summed E-state index contributed by atoms with van der Waals surface area (Å²) in [5.41, 5.74) is 0. The zero-order valence-electron chi connectivity index (χ0n) is 13.9. The Bertz CT molecular complexity index is 313. The van der Waals surface area contributed by atoms with Crippen LogP contribution in [-0.4, -0.2) is 54.6 Å². The monoisotopic (exact) mass is 295 g/mol. The minimum absolute atomic E-state index is 0.296. The van der Waals surface area contributed by atoms with Gasteiger partial charge in [-0.25, -0.2) is 4.79 Å². The highest BCUT2D eigenvalue weighted by Gasteiger charge is 2.31. The highest BCUT2D eigenvalue weighted by molar-refractivity contribution is 5.74. The van der Waals surface area contributed by atoms with E-state index in [4.69, 9.17) is 0 Å². The maximum absolute atomic E-state index is 12.7. The van der Waals surface area contributed by atoms with Gasteiger partial charge in [0.15, 0.2) is 0 Å². The Kier molecular flexibility index (Phi) is 6.81. The Morgan fingerprint density at radius 2 is 1.76 bits per heavy atom. The van der Waals surface area contributed by atoms with Crippen molar-refractivity contribution in [2.75, 3.05) is 32.7 Å². The van der Waals surface area contributed by atoms with Gasteiger partial charge in [0.2, 0.25) is 0 Å². The summed E-state index contributed by atoms with van der Waals surface area (Å²) in [5, 5.41) is 3.67. The lowest BCUT2D eigenvalue weighted by Gasteiger charge is -2.40. The molecule has 0 aliphatic carbocycles. The van der Waals surface area contributed by atoms with E-state index in [1.165, 1.54) is 32.1 Å². The summed E-state index contributed by atoms with van der Waals surface area (Å²) in [6.45, 7) is 9.35. The molecule has 0 spiro atoms. The lowest BCUT2D eigenvalue weighted by atomic mass is 9.90. The molecule has 0 aromatic heterocycles. The number of likely N-dealkylation sites (tertiary alicyclic amines) is 2. The zero-order valence-corrected chi connectivity index (χ0v) is 13.9. The maximum Gasteiger partial charge on any atom is 0.320 e. The number of carbonyl (C=O) groups is 1. The number of hydrogen-bond donors (Lipinski definition) is 1. The van der Waals surface area contributed by atoms with Crippen LogP contribution in [0.25, 0.3) is 0 Å². The predicted molar refractivity (Wildman–Crippen MR) is 87.5 cm³/mol. The van der Waals surface area contributed by atoms with Gasteiger partial charge in [0.05, 0.1) is 0 Å². The summed E-state index contributed by atoms with van der Waals surface area (Å²) in [6, 6.07) is 0.896. The highest BCUT2D eigenvalue weighted by Crippen LogP contribution is 2.22. The van der Waals surface area contributed by atoms with Crippen molar-refractivity contribution in [2.45, 2.75) is 64.8 Å². The third kappa shape index (κ3) is 4.60. The highest BCUT2D eigenvalue weighted by atomic mass is 16.2. The molecule has 2 aliphatic heterocycles. The molecule has 4 nitrogen and oxygen atoms in total. The summed E-state index contributed by atoms with van der Waals surface area (Å²) >= 11 is 0. The molecule has 0 saturated carbocycles. The Hall–Kier alpha value is -0.770. The fraction of sp³-hybridized carbons (Fsp3) is 0.941. The minimum atomic E-state index is 0.296. The van der Waals surface area contributed by atoms with Crippen molar-refractivity contribution in [3.05, 3.63) is 0 Å². The van der Waals surface area contributed by atoms with Gasteiger partial charge in [-0.3, -0.25) is 0 Å². The zero-order chi connectivity index (χ0) is 15.1. The van der Waals surface area contributed by atoms with Crippen LogP contribution in [0.2, 0.25) is 0 Å². The molecule has 2 atom stereocenters. The fourth-order valence-electron chi connectivity index (χ4n) is 3.68. The topological polar surface area (TPSA) is 35.6 Å². The van der Waals surface area contributed by atoms with Crippen LogP contribution in [-0.2, 0) is 0 Å². The number of amides is 2. The van der Waals surface area contributed by atoms with Gasteiger partial charge in [-0.15, -0.1) is 0 Å². The van der Waals surface area contributed by atoms with Crippen molar-refractivity contribution in [2.24, 2.45) is 5.92 Å². The summed E-state index contributed by atoms with van der Waals surface area (Å²) in [5.74, 6) is 0.612. The molecule has 2 heterocycles. The van der Waals surface area contributed by atoms with E-state index in [1.807, 2.05) is 0 Å². The van der Waals surface area contributed by atoms with Crippen molar-refractivity contribution >= 4 is 6.03 Å². The summed E-state index contributed by atoms with van der Waals surface area (Å²) < 4.78 is 0. The number of rotatable bonds is 4. The third-order valence-corrected chi connectivity index (χ3v) is 5.06. The molecule has 2 unspecified atom stereocenters. The first kappa shape index (κ1) is 16.6. The number of carbonyl (C=O) groups excluding carboxylic acids is 1. The van der Waals surface area contributed by atoms with Gasteiger partial charge < -0.3 is 15.1 Å².